The van der Waals surface area contributed by atoms with Crippen LogP contribution in [0.3, 0.4) is 0 Å². The van der Waals surface area contributed by atoms with Crippen LogP contribution in [0.25, 0.3) is 10.9 Å². The molecule has 2 N–H and O–H groups in total. The minimum Gasteiger partial charge on any atom is -0.480 e. The number of likely N-dealkylation sites (tertiary alicyclic amines) is 1. The Balaban J connectivity index is 1.79. The van der Waals surface area contributed by atoms with Crippen molar-refractivity contribution in [2.75, 3.05) is 19.6 Å². The summed E-state index contributed by atoms with van der Waals surface area (Å²) in [4.78, 5) is 29.8. The van der Waals surface area contributed by atoms with Crippen molar-refractivity contribution < 1.29 is 14.7 Å². The van der Waals surface area contributed by atoms with E-state index in [1.54, 1.807) is 4.90 Å². The molecule has 6 heteroatoms. The van der Waals surface area contributed by atoms with E-state index in [0.29, 0.717) is 18.8 Å². The number of amides is 1. The van der Waals surface area contributed by atoms with Crippen molar-refractivity contribution in [2.24, 2.45) is 0 Å². The van der Waals surface area contributed by atoms with Gasteiger partial charge in [0.1, 0.15) is 5.69 Å². The molecule has 1 aromatic carbocycles. The van der Waals surface area contributed by atoms with Gasteiger partial charge < -0.3 is 10.0 Å². The van der Waals surface area contributed by atoms with Gasteiger partial charge in [0.2, 0.25) is 0 Å². The first-order chi connectivity index (χ1) is 11.4. The van der Waals surface area contributed by atoms with Crippen LogP contribution in [0.4, 0.5) is 0 Å². The average molecular weight is 327 g/mol. The molecule has 0 bridgehead atoms. The number of aromatic nitrogens is 1. The summed E-state index contributed by atoms with van der Waals surface area (Å²) in [6, 6.07) is 9.59. The molecule has 0 spiro atoms. The second-order valence-electron chi connectivity index (χ2n) is 6.63. The number of pyridine rings is 1. The highest BCUT2D eigenvalue weighted by Crippen LogP contribution is 2.24. The van der Waals surface area contributed by atoms with Gasteiger partial charge in [0.15, 0.2) is 0 Å². The van der Waals surface area contributed by atoms with Crippen molar-refractivity contribution in [3.63, 3.8) is 0 Å². The summed E-state index contributed by atoms with van der Waals surface area (Å²) < 4.78 is 0. The van der Waals surface area contributed by atoms with Crippen molar-refractivity contribution in [2.45, 2.75) is 25.8 Å². The highest BCUT2D eigenvalue weighted by Gasteiger charge is 2.36. The number of fused-ring (bicyclic) bond motifs is 1. The molecular formula is C18H21N3O3. The number of carboxylic acids is 1. The minimum absolute atomic E-state index is 0.105. The fourth-order valence-corrected chi connectivity index (χ4v) is 3.19. The standard InChI is InChI=1S/C18H21N3O3/c1-12-9-15(20-14-6-4-3-5-13(12)14)17(24)21-8-7-18(2,11-21)19-10-16(22)23/h3-6,9,19H,7-8,10-11H2,1-2H3,(H,22,23)/t18-/m1/s1. The lowest BCUT2D eigenvalue weighted by Crippen LogP contribution is -2.47. The molecule has 1 aliphatic heterocycles. The summed E-state index contributed by atoms with van der Waals surface area (Å²) in [6.45, 7) is 4.89. The van der Waals surface area contributed by atoms with Crippen LogP contribution in [0.15, 0.2) is 30.3 Å². The third-order valence-corrected chi connectivity index (χ3v) is 4.57. The van der Waals surface area contributed by atoms with Gasteiger partial charge in [-0.1, -0.05) is 18.2 Å². The maximum atomic E-state index is 12.8. The minimum atomic E-state index is -0.896. The van der Waals surface area contributed by atoms with Crippen LogP contribution < -0.4 is 5.32 Å². The van der Waals surface area contributed by atoms with Gasteiger partial charge in [-0.15, -0.1) is 0 Å². The monoisotopic (exact) mass is 327 g/mol. The lowest BCUT2D eigenvalue weighted by atomic mass is 10.0. The first-order valence-electron chi connectivity index (χ1n) is 8.00. The van der Waals surface area contributed by atoms with Crippen molar-refractivity contribution in [3.8, 4) is 0 Å². The number of nitrogens with one attached hydrogen (secondary N) is 1. The van der Waals surface area contributed by atoms with Gasteiger partial charge in [0.25, 0.3) is 5.91 Å². The van der Waals surface area contributed by atoms with E-state index in [-0.39, 0.29) is 18.0 Å². The number of hydrogen-bond donors (Lipinski definition) is 2. The number of carboxylic acid groups (broad SMARTS) is 1. The zero-order valence-electron chi connectivity index (χ0n) is 13.9. The largest absolute Gasteiger partial charge is 0.480 e. The molecule has 6 nitrogen and oxygen atoms in total. The Labute approximate surface area is 140 Å². The first kappa shape index (κ1) is 16.4. The van der Waals surface area contributed by atoms with Gasteiger partial charge in [0.05, 0.1) is 12.1 Å². The average Bonchev–Trinajstić information content (AvgIpc) is 2.95. The number of carbonyl (C=O) groups excluding carboxylic acids is 1. The quantitative estimate of drug-likeness (QED) is 0.895. The molecule has 1 saturated heterocycles. The second kappa shape index (κ2) is 6.20. The van der Waals surface area contributed by atoms with Gasteiger partial charge in [-0.3, -0.25) is 14.9 Å². The molecule has 24 heavy (non-hydrogen) atoms. The molecule has 3 rings (SSSR count). The summed E-state index contributed by atoms with van der Waals surface area (Å²) in [7, 11) is 0. The zero-order valence-corrected chi connectivity index (χ0v) is 13.9. The summed E-state index contributed by atoms with van der Waals surface area (Å²) in [5.74, 6) is -1.00. The molecule has 0 radical (unpaired) electrons. The summed E-state index contributed by atoms with van der Waals surface area (Å²) in [6.07, 6.45) is 0.721. The smallest absolute Gasteiger partial charge is 0.317 e. The molecule has 1 aliphatic rings. The maximum absolute atomic E-state index is 12.8. The highest BCUT2D eigenvalue weighted by molar-refractivity contribution is 5.96. The molecule has 1 fully saturated rings. The van der Waals surface area contributed by atoms with Crippen LogP contribution >= 0.6 is 0 Å². The summed E-state index contributed by atoms with van der Waals surface area (Å²) >= 11 is 0. The van der Waals surface area contributed by atoms with E-state index >= 15 is 0 Å². The second-order valence-corrected chi connectivity index (χ2v) is 6.63. The molecule has 2 aromatic rings. The molecule has 1 aromatic heterocycles. The number of carbonyl (C=O) groups is 2. The van der Waals surface area contributed by atoms with E-state index in [1.807, 2.05) is 44.2 Å². The van der Waals surface area contributed by atoms with Crippen molar-refractivity contribution >= 4 is 22.8 Å². The van der Waals surface area contributed by atoms with Crippen molar-refractivity contribution in [1.29, 1.82) is 0 Å². The van der Waals surface area contributed by atoms with Gasteiger partial charge in [-0.2, -0.15) is 0 Å². The molecule has 126 valence electrons. The first-order valence-corrected chi connectivity index (χ1v) is 8.00. The van der Waals surface area contributed by atoms with Crippen LogP contribution in [0.1, 0.15) is 29.4 Å². The number of para-hydroxylation sites is 1. The van der Waals surface area contributed by atoms with E-state index in [2.05, 4.69) is 10.3 Å². The molecule has 2 heterocycles. The Hall–Kier alpha value is -2.47. The van der Waals surface area contributed by atoms with Crippen molar-refractivity contribution in [1.82, 2.24) is 15.2 Å². The van der Waals surface area contributed by atoms with Crippen LogP contribution in [-0.4, -0.2) is 52.0 Å². The highest BCUT2D eigenvalue weighted by atomic mass is 16.4. The zero-order chi connectivity index (χ0) is 17.3. The van der Waals surface area contributed by atoms with Gasteiger partial charge in [0, 0.05) is 24.0 Å². The number of aryl methyl sites for hydroxylation is 1. The molecule has 0 saturated carbocycles. The lowest BCUT2D eigenvalue weighted by molar-refractivity contribution is -0.136. The van der Waals surface area contributed by atoms with E-state index < -0.39 is 5.97 Å². The predicted molar refractivity (Wildman–Crippen MR) is 91.0 cm³/mol. The SMILES string of the molecule is Cc1cc(C(=O)N2CC[C@@](C)(NCC(=O)O)C2)nc2ccccc12. The fourth-order valence-electron chi connectivity index (χ4n) is 3.19. The van der Waals surface area contributed by atoms with Crippen LogP contribution in [-0.2, 0) is 4.79 Å². The fraction of sp³-hybridized carbons (Fsp3) is 0.389. The number of rotatable bonds is 4. The van der Waals surface area contributed by atoms with Gasteiger partial charge in [-0.25, -0.2) is 4.98 Å². The van der Waals surface area contributed by atoms with Crippen LogP contribution in [0, 0.1) is 6.92 Å². The predicted octanol–water partition coefficient (Wildman–Crippen LogP) is 1.82. The molecule has 0 aliphatic carbocycles. The topological polar surface area (TPSA) is 82.5 Å². The summed E-state index contributed by atoms with van der Waals surface area (Å²) in [5.41, 5.74) is 1.90. The Morgan fingerprint density at radius 1 is 1.38 bits per heavy atom. The molecule has 0 unspecified atom stereocenters. The Morgan fingerprint density at radius 2 is 2.12 bits per heavy atom. The number of benzene rings is 1. The van der Waals surface area contributed by atoms with Crippen molar-refractivity contribution in [3.05, 3.63) is 41.6 Å². The Kier molecular flexibility index (Phi) is 4.24. The number of aliphatic carboxylic acids is 1. The third kappa shape index (κ3) is 3.23. The molecular weight excluding hydrogens is 306 g/mol. The van der Waals surface area contributed by atoms with Gasteiger partial charge >= 0.3 is 5.97 Å². The molecule has 1 amide bonds. The van der Waals surface area contributed by atoms with E-state index in [4.69, 9.17) is 5.11 Å². The number of hydrogen-bond acceptors (Lipinski definition) is 4. The third-order valence-electron chi connectivity index (χ3n) is 4.57. The maximum Gasteiger partial charge on any atom is 0.317 e. The van der Waals surface area contributed by atoms with E-state index in [0.717, 1.165) is 22.9 Å². The normalized spacial score (nSPS) is 20.5. The van der Waals surface area contributed by atoms with Gasteiger partial charge in [-0.05, 0) is 38.0 Å². The lowest BCUT2D eigenvalue weighted by Gasteiger charge is -2.25. The van der Waals surface area contributed by atoms with E-state index in [1.165, 1.54) is 0 Å². The molecule has 1 atom stereocenters. The summed E-state index contributed by atoms with van der Waals surface area (Å²) in [5, 5.41) is 12.9. The number of nitrogens with zero attached hydrogens (tertiary/aromatic N) is 2. The van der Waals surface area contributed by atoms with E-state index in [9.17, 15) is 9.59 Å². The van der Waals surface area contributed by atoms with Crippen LogP contribution in [0.5, 0.6) is 0 Å². The Morgan fingerprint density at radius 3 is 2.88 bits per heavy atom. The Bertz CT molecular complexity index is 805. The van der Waals surface area contributed by atoms with Crippen LogP contribution in [0.2, 0.25) is 0 Å².